The molecule has 8 heteroatoms. The van der Waals surface area contributed by atoms with Crippen molar-refractivity contribution < 1.29 is 24.2 Å². The molecule has 0 aromatic carbocycles. The molecule has 1 spiro atoms. The highest BCUT2D eigenvalue weighted by Gasteiger charge is 2.74. The van der Waals surface area contributed by atoms with Crippen molar-refractivity contribution in [1.29, 1.82) is 0 Å². The highest BCUT2D eigenvalue weighted by Crippen LogP contribution is 2.57. The first-order valence-electron chi connectivity index (χ1n) is 13.7. The molecule has 1 N–H and O–H groups in total. The highest BCUT2D eigenvalue weighted by molar-refractivity contribution is 6.00. The van der Waals surface area contributed by atoms with Crippen molar-refractivity contribution in [2.24, 2.45) is 17.3 Å². The van der Waals surface area contributed by atoms with Crippen molar-refractivity contribution in [2.75, 3.05) is 33.3 Å². The van der Waals surface area contributed by atoms with Crippen LogP contribution in [0.2, 0.25) is 0 Å². The molecule has 0 radical (unpaired) electrons. The predicted molar refractivity (Wildman–Crippen MR) is 141 cm³/mol. The SMILES string of the molecule is CN1CC=C[C@@]2(C)O[C@]34C=CCN(C(C)(C)CC(C)(C)C)C(=O)C3N(CCCCCO)C(=O)[C@@H]4[C@H]2C1=O. The van der Waals surface area contributed by atoms with Crippen LogP contribution in [0.1, 0.15) is 67.2 Å². The number of nitrogens with zero attached hydrogens (tertiary/aromatic N) is 3. The number of rotatable bonds is 7. The number of aliphatic hydroxyl groups is 1. The third-order valence-corrected chi connectivity index (χ3v) is 8.51. The number of ether oxygens (including phenoxy) is 1. The van der Waals surface area contributed by atoms with Crippen molar-refractivity contribution in [2.45, 2.75) is 90.0 Å². The summed E-state index contributed by atoms with van der Waals surface area (Å²) in [6.07, 6.45) is 10.6. The first-order valence-corrected chi connectivity index (χ1v) is 13.7. The Balaban J connectivity index is 1.80. The number of carbonyl (C=O) groups is 3. The van der Waals surface area contributed by atoms with Crippen LogP contribution in [-0.2, 0) is 19.1 Å². The Kier molecular flexibility index (Phi) is 7.17. The Hall–Kier alpha value is -2.19. The molecule has 3 amide bonds. The molecule has 0 aromatic heterocycles. The summed E-state index contributed by atoms with van der Waals surface area (Å²) in [4.78, 5) is 47.6. The first-order chi connectivity index (χ1) is 17.2. The molecule has 2 saturated heterocycles. The van der Waals surface area contributed by atoms with E-state index in [9.17, 15) is 19.5 Å². The molecule has 2 fully saturated rings. The largest absolute Gasteiger partial charge is 0.396 e. The van der Waals surface area contributed by atoms with Gasteiger partial charge in [-0.1, -0.05) is 45.1 Å². The molecule has 0 saturated carbocycles. The Morgan fingerprint density at radius 3 is 2.27 bits per heavy atom. The molecule has 8 nitrogen and oxygen atoms in total. The number of carbonyl (C=O) groups excluding carboxylic acids is 3. The Morgan fingerprint density at radius 1 is 0.946 bits per heavy atom. The Bertz CT molecular complexity index is 998. The number of likely N-dealkylation sites (tertiary alicyclic amines) is 1. The molecule has 4 heterocycles. The first kappa shape index (κ1) is 27.8. The Labute approximate surface area is 221 Å². The van der Waals surface area contributed by atoms with Gasteiger partial charge in [-0.2, -0.15) is 0 Å². The summed E-state index contributed by atoms with van der Waals surface area (Å²) in [6, 6.07) is -0.840. The van der Waals surface area contributed by atoms with Crippen molar-refractivity contribution in [1.82, 2.24) is 14.7 Å². The van der Waals surface area contributed by atoms with Crippen LogP contribution in [0, 0.1) is 17.3 Å². The molecule has 5 atom stereocenters. The van der Waals surface area contributed by atoms with Crippen LogP contribution in [0.25, 0.3) is 0 Å². The lowest BCUT2D eigenvalue weighted by Crippen LogP contribution is -2.60. The summed E-state index contributed by atoms with van der Waals surface area (Å²) >= 11 is 0. The minimum atomic E-state index is -1.21. The zero-order chi connectivity index (χ0) is 27.4. The van der Waals surface area contributed by atoms with Crippen molar-refractivity contribution in [3.05, 3.63) is 24.3 Å². The number of unbranched alkanes of at least 4 members (excludes halogenated alkanes) is 2. The quantitative estimate of drug-likeness (QED) is 0.416. The number of likely N-dealkylation sites (N-methyl/N-ethyl adjacent to an activating group) is 1. The van der Waals surface area contributed by atoms with Crippen LogP contribution in [-0.4, -0.2) is 93.6 Å². The summed E-state index contributed by atoms with van der Waals surface area (Å²) in [5.74, 6) is -1.92. The van der Waals surface area contributed by atoms with E-state index in [4.69, 9.17) is 4.74 Å². The van der Waals surface area contributed by atoms with Crippen LogP contribution >= 0.6 is 0 Å². The lowest BCUT2D eigenvalue weighted by molar-refractivity contribution is -0.156. The van der Waals surface area contributed by atoms with Gasteiger partial charge in [0.05, 0.1) is 17.4 Å². The van der Waals surface area contributed by atoms with Gasteiger partial charge in [0, 0.05) is 38.8 Å². The Morgan fingerprint density at radius 2 is 1.62 bits per heavy atom. The van der Waals surface area contributed by atoms with Gasteiger partial charge in [-0.3, -0.25) is 14.4 Å². The van der Waals surface area contributed by atoms with Crippen molar-refractivity contribution in [3.8, 4) is 0 Å². The molecule has 4 aliphatic rings. The van der Waals surface area contributed by atoms with Gasteiger partial charge >= 0.3 is 0 Å². The van der Waals surface area contributed by atoms with Gasteiger partial charge in [0.2, 0.25) is 17.7 Å². The molecular weight excluding hydrogens is 470 g/mol. The van der Waals surface area contributed by atoms with Crippen LogP contribution < -0.4 is 0 Å². The average Bonchev–Trinajstić information content (AvgIpc) is 3.04. The zero-order valence-corrected chi connectivity index (χ0v) is 23.6. The molecule has 0 bridgehead atoms. The smallest absolute Gasteiger partial charge is 0.249 e. The fraction of sp³-hybridized carbons (Fsp3) is 0.759. The lowest BCUT2D eigenvalue weighted by atomic mass is 9.74. The van der Waals surface area contributed by atoms with Crippen LogP contribution in [0.4, 0.5) is 0 Å². The number of hydrogen-bond donors (Lipinski definition) is 1. The lowest BCUT2D eigenvalue weighted by Gasteiger charge is -2.44. The molecule has 0 aliphatic carbocycles. The van der Waals surface area contributed by atoms with E-state index in [0.717, 1.165) is 12.8 Å². The second-order valence-corrected chi connectivity index (χ2v) is 13.3. The summed E-state index contributed by atoms with van der Waals surface area (Å²) in [7, 11) is 1.75. The molecule has 0 aromatic rings. The van der Waals surface area contributed by atoms with Gasteiger partial charge in [0.1, 0.15) is 11.6 Å². The number of hydrogen-bond acceptors (Lipinski definition) is 5. The second-order valence-electron chi connectivity index (χ2n) is 13.3. The van der Waals surface area contributed by atoms with Gasteiger partial charge in [-0.05, 0) is 51.9 Å². The van der Waals surface area contributed by atoms with Gasteiger partial charge in [0.25, 0.3) is 0 Å². The van der Waals surface area contributed by atoms with E-state index in [1.165, 1.54) is 0 Å². The van der Waals surface area contributed by atoms with Crippen molar-refractivity contribution in [3.63, 3.8) is 0 Å². The highest BCUT2D eigenvalue weighted by atomic mass is 16.5. The van der Waals surface area contributed by atoms with Gasteiger partial charge in [-0.25, -0.2) is 0 Å². The van der Waals surface area contributed by atoms with Gasteiger partial charge in [-0.15, -0.1) is 0 Å². The van der Waals surface area contributed by atoms with E-state index in [1.54, 1.807) is 16.8 Å². The van der Waals surface area contributed by atoms with Crippen LogP contribution in [0.5, 0.6) is 0 Å². The summed E-state index contributed by atoms with van der Waals surface area (Å²) in [6.45, 7) is 13.9. The van der Waals surface area contributed by atoms with Crippen LogP contribution in [0.3, 0.4) is 0 Å². The summed E-state index contributed by atoms with van der Waals surface area (Å²) in [5, 5.41) is 9.24. The van der Waals surface area contributed by atoms with E-state index < -0.39 is 34.6 Å². The minimum Gasteiger partial charge on any atom is -0.396 e. The van der Waals surface area contributed by atoms with E-state index in [2.05, 4.69) is 34.6 Å². The third kappa shape index (κ3) is 4.65. The molecule has 4 rings (SSSR count). The summed E-state index contributed by atoms with van der Waals surface area (Å²) < 4.78 is 6.84. The molecule has 206 valence electrons. The summed E-state index contributed by atoms with van der Waals surface area (Å²) in [5.41, 5.74) is -2.64. The topological polar surface area (TPSA) is 90.4 Å². The standard InChI is InChI=1S/C29H45N3O5/c1-26(2,3)19-27(4,5)32-17-12-14-29-21(20-23(34)30(7)15-11-13-28(20,6)37-29)24(35)31(22(29)25(32)36)16-9-8-10-18-33/h11-14,20-22,33H,8-10,15-19H2,1-7H3/t20-,21-,22?,28+,29-/m0/s1. The zero-order valence-electron chi connectivity index (χ0n) is 23.6. The number of fused-ring (bicyclic) bond motifs is 2. The third-order valence-electron chi connectivity index (χ3n) is 8.51. The van der Waals surface area contributed by atoms with E-state index >= 15 is 0 Å². The molecule has 4 aliphatic heterocycles. The van der Waals surface area contributed by atoms with E-state index in [1.807, 2.05) is 36.1 Å². The van der Waals surface area contributed by atoms with Crippen LogP contribution in [0.15, 0.2) is 24.3 Å². The normalized spacial score (nSPS) is 34.0. The maximum atomic E-state index is 14.5. The molecular formula is C29H45N3O5. The molecule has 37 heavy (non-hydrogen) atoms. The monoisotopic (exact) mass is 515 g/mol. The van der Waals surface area contributed by atoms with E-state index in [0.29, 0.717) is 32.5 Å². The van der Waals surface area contributed by atoms with Gasteiger partial charge < -0.3 is 24.5 Å². The maximum Gasteiger partial charge on any atom is 0.249 e. The fourth-order valence-corrected chi connectivity index (χ4v) is 7.39. The van der Waals surface area contributed by atoms with Crippen molar-refractivity contribution >= 4 is 17.7 Å². The second kappa shape index (κ2) is 9.53. The fourth-order valence-electron chi connectivity index (χ4n) is 7.39. The average molecular weight is 516 g/mol. The predicted octanol–water partition coefficient (Wildman–Crippen LogP) is 2.76. The number of aliphatic hydroxyl groups excluding tert-OH is 1. The number of amides is 3. The molecule has 1 unspecified atom stereocenters. The van der Waals surface area contributed by atoms with E-state index in [-0.39, 0.29) is 29.7 Å². The minimum absolute atomic E-state index is 0.00181. The maximum absolute atomic E-state index is 14.5. The van der Waals surface area contributed by atoms with Gasteiger partial charge in [0.15, 0.2) is 0 Å².